The number of benzene rings is 3. The van der Waals surface area contributed by atoms with E-state index in [1.807, 2.05) is 60.7 Å². The van der Waals surface area contributed by atoms with E-state index >= 15 is 0 Å². The Morgan fingerprint density at radius 2 is 1.60 bits per heavy atom. The summed E-state index contributed by atoms with van der Waals surface area (Å²) in [5, 5.41) is 0. The van der Waals surface area contributed by atoms with Crippen LogP contribution in [0.3, 0.4) is 0 Å². The highest BCUT2D eigenvalue weighted by atomic mass is 32.2. The summed E-state index contributed by atoms with van der Waals surface area (Å²) in [4.78, 5) is 15.3. The highest BCUT2D eigenvalue weighted by Crippen LogP contribution is 2.31. The molecule has 1 atom stereocenters. The number of hydrogen-bond acceptors (Lipinski definition) is 4. The molecule has 6 nitrogen and oxygen atoms in total. The zero-order valence-corrected chi connectivity index (χ0v) is 20.5. The lowest BCUT2D eigenvalue weighted by atomic mass is 9.97. The normalized spacial score (nSPS) is 16.6. The lowest BCUT2D eigenvalue weighted by molar-refractivity contribution is -0.138. The summed E-state index contributed by atoms with van der Waals surface area (Å²) in [6.07, 6.45) is 1.13. The highest BCUT2D eigenvalue weighted by molar-refractivity contribution is 7.89. The number of carbonyl (C=O) groups is 1. The number of nitrogens with zero attached hydrogens (tertiary/aromatic N) is 2. The molecule has 1 amide bonds. The van der Waals surface area contributed by atoms with Crippen molar-refractivity contribution in [3.63, 3.8) is 0 Å². The number of halogens is 1. The molecular weight excluding hydrogens is 467 g/mol. The van der Waals surface area contributed by atoms with Gasteiger partial charge >= 0.3 is 0 Å². The molecule has 1 heterocycles. The minimum Gasteiger partial charge on any atom is -0.495 e. The predicted octanol–water partition coefficient (Wildman–Crippen LogP) is 4.46. The molecular formula is C27H29FN2O4S. The molecule has 3 aromatic rings. The van der Waals surface area contributed by atoms with Gasteiger partial charge < -0.3 is 9.64 Å². The van der Waals surface area contributed by atoms with E-state index in [0.717, 1.165) is 23.3 Å². The largest absolute Gasteiger partial charge is 0.495 e. The van der Waals surface area contributed by atoms with E-state index in [1.165, 1.54) is 17.5 Å². The van der Waals surface area contributed by atoms with Crippen molar-refractivity contribution in [2.45, 2.75) is 30.8 Å². The molecule has 1 fully saturated rings. The van der Waals surface area contributed by atoms with Gasteiger partial charge in [0.1, 0.15) is 16.5 Å². The third-order valence-corrected chi connectivity index (χ3v) is 8.11. The number of rotatable bonds is 8. The molecule has 184 valence electrons. The first kappa shape index (κ1) is 24.9. The van der Waals surface area contributed by atoms with Crippen LogP contribution in [0, 0.1) is 11.7 Å². The van der Waals surface area contributed by atoms with E-state index in [1.54, 1.807) is 4.90 Å². The number of piperidine rings is 1. The third-order valence-electron chi connectivity index (χ3n) is 6.22. The Morgan fingerprint density at radius 3 is 2.17 bits per heavy atom. The summed E-state index contributed by atoms with van der Waals surface area (Å²) in [6.45, 7) is 1.16. The van der Waals surface area contributed by atoms with Gasteiger partial charge in [-0.2, -0.15) is 4.31 Å². The van der Waals surface area contributed by atoms with Gasteiger partial charge in [0, 0.05) is 26.2 Å². The second-order valence-electron chi connectivity index (χ2n) is 8.66. The Hall–Kier alpha value is -3.23. The van der Waals surface area contributed by atoms with Gasteiger partial charge in [0.25, 0.3) is 0 Å². The summed E-state index contributed by atoms with van der Waals surface area (Å²) in [6, 6.07) is 22.9. The van der Waals surface area contributed by atoms with Gasteiger partial charge in [0.2, 0.25) is 15.9 Å². The molecule has 35 heavy (non-hydrogen) atoms. The van der Waals surface area contributed by atoms with Crippen molar-refractivity contribution in [2.75, 3.05) is 20.2 Å². The Bertz CT molecular complexity index is 1210. The van der Waals surface area contributed by atoms with Gasteiger partial charge in [-0.15, -0.1) is 0 Å². The van der Waals surface area contributed by atoms with Crippen molar-refractivity contribution in [2.24, 2.45) is 5.92 Å². The second-order valence-corrected chi connectivity index (χ2v) is 10.6. The molecule has 1 aliphatic rings. The first-order chi connectivity index (χ1) is 16.9. The van der Waals surface area contributed by atoms with Gasteiger partial charge in [0.05, 0.1) is 13.0 Å². The molecule has 4 rings (SSSR count). The van der Waals surface area contributed by atoms with Gasteiger partial charge in [-0.25, -0.2) is 12.8 Å². The summed E-state index contributed by atoms with van der Waals surface area (Å²) in [7, 11) is -2.69. The average Bonchev–Trinajstić information content (AvgIpc) is 2.89. The molecule has 0 unspecified atom stereocenters. The van der Waals surface area contributed by atoms with Gasteiger partial charge in [-0.1, -0.05) is 60.7 Å². The topological polar surface area (TPSA) is 66.9 Å². The van der Waals surface area contributed by atoms with E-state index in [2.05, 4.69) is 0 Å². The molecule has 0 aliphatic carbocycles. The SMILES string of the molecule is COc1ccc(F)cc1S(=O)(=O)N1CCC[C@@H](C(=O)N(Cc2ccccc2)Cc2ccccc2)C1. The molecule has 1 saturated heterocycles. The fourth-order valence-electron chi connectivity index (χ4n) is 4.43. The van der Waals surface area contributed by atoms with Crippen molar-refractivity contribution in [1.82, 2.24) is 9.21 Å². The predicted molar refractivity (Wildman–Crippen MR) is 132 cm³/mol. The Morgan fingerprint density at radius 1 is 1.00 bits per heavy atom. The molecule has 0 N–H and O–H groups in total. The molecule has 0 saturated carbocycles. The number of sulfonamides is 1. The van der Waals surface area contributed by atoms with Gasteiger partial charge in [-0.3, -0.25) is 4.79 Å². The van der Waals surface area contributed by atoms with Crippen molar-refractivity contribution in [3.8, 4) is 5.75 Å². The second kappa shape index (κ2) is 11.0. The Balaban J connectivity index is 1.57. The molecule has 0 spiro atoms. The van der Waals surface area contributed by atoms with E-state index < -0.39 is 21.8 Å². The standard InChI is InChI=1S/C27H29FN2O4S/c1-34-25-15-14-24(28)17-26(25)35(32,33)30-16-8-13-23(20-30)27(31)29(18-21-9-4-2-5-10-21)19-22-11-6-3-7-12-22/h2-7,9-12,14-15,17,23H,8,13,16,18-20H2,1H3/t23-/m1/s1. The third kappa shape index (κ3) is 5.89. The van der Waals surface area contributed by atoms with Crippen LogP contribution >= 0.6 is 0 Å². The van der Waals surface area contributed by atoms with Gasteiger partial charge in [0.15, 0.2) is 0 Å². The summed E-state index contributed by atoms with van der Waals surface area (Å²) >= 11 is 0. The van der Waals surface area contributed by atoms with Crippen LogP contribution < -0.4 is 4.74 Å². The Labute approximate surface area is 206 Å². The number of methoxy groups -OCH3 is 1. The van der Waals surface area contributed by atoms with E-state index in [9.17, 15) is 17.6 Å². The minimum atomic E-state index is -4.04. The van der Waals surface area contributed by atoms with Crippen LogP contribution in [0.25, 0.3) is 0 Å². The molecule has 0 radical (unpaired) electrons. The van der Waals surface area contributed by atoms with E-state index in [0.29, 0.717) is 25.9 Å². The number of ether oxygens (including phenoxy) is 1. The van der Waals surface area contributed by atoms with Crippen LogP contribution in [0.1, 0.15) is 24.0 Å². The van der Waals surface area contributed by atoms with Gasteiger partial charge in [-0.05, 0) is 42.2 Å². The first-order valence-electron chi connectivity index (χ1n) is 11.6. The number of carbonyl (C=O) groups excluding carboxylic acids is 1. The van der Waals surface area contributed by atoms with Crippen molar-refractivity contribution < 1.29 is 22.3 Å². The van der Waals surface area contributed by atoms with Crippen molar-refractivity contribution >= 4 is 15.9 Å². The number of amides is 1. The monoisotopic (exact) mass is 496 g/mol. The van der Waals surface area contributed by atoms with Crippen LogP contribution in [0.15, 0.2) is 83.8 Å². The lowest BCUT2D eigenvalue weighted by Crippen LogP contribution is -2.46. The van der Waals surface area contributed by atoms with Crippen LogP contribution in [0.2, 0.25) is 0 Å². The fraction of sp³-hybridized carbons (Fsp3) is 0.296. The molecule has 0 bridgehead atoms. The summed E-state index contributed by atoms with van der Waals surface area (Å²) in [5.74, 6) is -1.17. The summed E-state index contributed by atoms with van der Waals surface area (Å²) in [5.41, 5.74) is 2.00. The zero-order valence-electron chi connectivity index (χ0n) is 19.6. The summed E-state index contributed by atoms with van der Waals surface area (Å²) < 4.78 is 47.1. The smallest absolute Gasteiger partial charge is 0.246 e. The average molecular weight is 497 g/mol. The zero-order chi connectivity index (χ0) is 24.8. The maximum Gasteiger partial charge on any atom is 0.246 e. The molecule has 0 aromatic heterocycles. The van der Waals surface area contributed by atoms with Crippen molar-refractivity contribution in [3.05, 3.63) is 95.8 Å². The maximum atomic E-state index is 13.9. The highest BCUT2D eigenvalue weighted by Gasteiger charge is 2.36. The van der Waals surface area contributed by atoms with Crippen LogP contribution in [0.5, 0.6) is 5.75 Å². The van der Waals surface area contributed by atoms with E-state index in [-0.39, 0.29) is 29.6 Å². The van der Waals surface area contributed by atoms with E-state index in [4.69, 9.17) is 4.74 Å². The quantitative estimate of drug-likeness (QED) is 0.462. The maximum absolute atomic E-state index is 13.9. The lowest BCUT2D eigenvalue weighted by Gasteiger charge is -2.34. The molecule has 3 aromatic carbocycles. The first-order valence-corrected chi connectivity index (χ1v) is 13.0. The fourth-order valence-corrected chi connectivity index (χ4v) is 6.12. The molecule has 1 aliphatic heterocycles. The van der Waals surface area contributed by atoms with Crippen molar-refractivity contribution in [1.29, 1.82) is 0 Å². The Kier molecular flexibility index (Phi) is 7.83. The molecule has 8 heteroatoms. The number of hydrogen-bond donors (Lipinski definition) is 0. The minimum absolute atomic E-state index is 0.0426. The van der Waals surface area contributed by atoms with Crippen LogP contribution in [0.4, 0.5) is 4.39 Å². The van der Waals surface area contributed by atoms with Crippen LogP contribution in [-0.2, 0) is 27.9 Å². The van der Waals surface area contributed by atoms with Crippen LogP contribution in [-0.4, -0.2) is 43.7 Å².